The van der Waals surface area contributed by atoms with Gasteiger partial charge in [-0.3, -0.25) is 4.90 Å². The fourth-order valence-electron chi connectivity index (χ4n) is 2.61. The maximum Gasteiger partial charge on any atom is 0.0443 e. The molecule has 2 aliphatic rings. The molecule has 0 unspecified atom stereocenters. The topological polar surface area (TPSA) is 3.24 Å². The number of hydrogen-bond donors (Lipinski definition) is 0. The highest BCUT2D eigenvalue weighted by molar-refractivity contribution is 6.19. The molecule has 2 fully saturated rings. The van der Waals surface area contributed by atoms with Crippen molar-refractivity contribution < 1.29 is 0 Å². The van der Waals surface area contributed by atoms with Gasteiger partial charge in [0.25, 0.3) is 0 Å². The van der Waals surface area contributed by atoms with Crippen molar-refractivity contribution in [2.75, 3.05) is 25.5 Å². The van der Waals surface area contributed by atoms with E-state index in [0.29, 0.717) is 11.3 Å². The molecule has 0 bridgehead atoms. The van der Waals surface area contributed by atoms with Gasteiger partial charge in [-0.05, 0) is 36.8 Å². The fourth-order valence-corrected chi connectivity index (χ4v) is 2.69. The predicted molar refractivity (Wildman–Crippen MR) is 57.2 cm³/mol. The van der Waals surface area contributed by atoms with E-state index < -0.39 is 0 Å². The molecule has 2 heteroatoms. The molecule has 0 amide bonds. The van der Waals surface area contributed by atoms with Crippen LogP contribution in [0.15, 0.2) is 12.2 Å². The summed E-state index contributed by atoms with van der Waals surface area (Å²) in [5, 5.41) is 0. The Morgan fingerprint density at radius 2 is 2.15 bits per heavy atom. The molecule has 0 radical (unpaired) electrons. The summed E-state index contributed by atoms with van der Waals surface area (Å²) in [6.07, 6.45) is 5.76. The van der Waals surface area contributed by atoms with Gasteiger partial charge < -0.3 is 0 Å². The van der Waals surface area contributed by atoms with Crippen LogP contribution in [0, 0.1) is 5.41 Å². The first-order chi connectivity index (χ1) is 6.24. The van der Waals surface area contributed by atoms with Crippen molar-refractivity contribution in [2.24, 2.45) is 5.41 Å². The zero-order chi connectivity index (χ0) is 9.31. The molecule has 0 N–H and O–H groups in total. The van der Waals surface area contributed by atoms with Gasteiger partial charge in [-0.15, -0.1) is 11.6 Å². The van der Waals surface area contributed by atoms with Crippen LogP contribution in [0.2, 0.25) is 0 Å². The minimum absolute atomic E-state index is 0.615. The molecule has 0 aromatic heterocycles. The van der Waals surface area contributed by atoms with Crippen molar-refractivity contribution in [3.05, 3.63) is 12.2 Å². The molecule has 1 heterocycles. The number of nitrogens with zero attached hydrogens (tertiary/aromatic N) is 1. The van der Waals surface area contributed by atoms with Crippen LogP contribution < -0.4 is 0 Å². The lowest BCUT2D eigenvalue weighted by Gasteiger charge is -2.38. The number of alkyl halides is 1. The standard InChI is InChI=1S/C11H18ClN/c1-10(7-12)8-13-6-5-11(9-13)3-2-4-11/h1-9H2. The van der Waals surface area contributed by atoms with Crippen LogP contribution in [0.4, 0.5) is 0 Å². The summed E-state index contributed by atoms with van der Waals surface area (Å²) in [6, 6.07) is 0. The molecule has 1 nitrogen and oxygen atoms in total. The Labute approximate surface area is 85.8 Å². The summed E-state index contributed by atoms with van der Waals surface area (Å²) in [4.78, 5) is 2.52. The Kier molecular flexibility index (Phi) is 2.66. The highest BCUT2D eigenvalue weighted by Gasteiger charge is 2.42. The third-order valence-electron chi connectivity index (χ3n) is 3.57. The van der Waals surface area contributed by atoms with E-state index in [1.807, 2.05) is 0 Å². The second kappa shape index (κ2) is 3.62. The summed E-state index contributed by atoms with van der Waals surface area (Å²) in [7, 11) is 0. The SMILES string of the molecule is C=C(CCl)CN1CCC2(CCC2)C1. The normalized spacial score (nSPS) is 26.2. The van der Waals surface area contributed by atoms with Crippen molar-refractivity contribution in [1.29, 1.82) is 0 Å². The van der Waals surface area contributed by atoms with Crippen LogP contribution in [-0.2, 0) is 0 Å². The van der Waals surface area contributed by atoms with Crippen molar-refractivity contribution in [3.8, 4) is 0 Å². The molecule has 0 atom stereocenters. The first-order valence-corrected chi connectivity index (χ1v) is 5.73. The van der Waals surface area contributed by atoms with Gasteiger partial charge >= 0.3 is 0 Å². The quantitative estimate of drug-likeness (QED) is 0.499. The largest absolute Gasteiger partial charge is 0.299 e. The van der Waals surface area contributed by atoms with Gasteiger partial charge in [0.05, 0.1) is 0 Å². The Bertz CT molecular complexity index is 208. The van der Waals surface area contributed by atoms with Gasteiger partial charge in [0.1, 0.15) is 0 Å². The smallest absolute Gasteiger partial charge is 0.0443 e. The zero-order valence-corrected chi connectivity index (χ0v) is 8.95. The maximum absolute atomic E-state index is 5.72. The first-order valence-electron chi connectivity index (χ1n) is 5.19. The van der Waals surface area contributed by atoms with E-state index in [9.17, 15) is 0 Å². The molecular formula is C11H18ClN. The number of halogens is 1. The molecule has 1 spiro atoms. The second-order valence-electron chi connectivity index (χ2n) is 4.70. The van der Waals surface area contributed by atoms with Gasteiger partial charge in [0.15, 0.2) is 0 Å². The van der Waals surface area contributed by atoms with E-state index >= 15 is 0 Å². The number of likely N-dealkylation sites (tertiary alicyclic amines) is 1. The van der Waals surface area contributed by atoms with Crippen LogP contribution >= 0.6 is 11.6 Å². The Hall–Kier alpha value is -0.0100. The Morgan fingerprint density at radius 3 is 2.62 bits per heavy atom. The van der Waals surface area contributed by atoms with Crippen LogP contribution in [0.25, 0.3) is 0 Å². The van der Waals surface area contributed by atoms with E-state index in [2.05, 4.69) is 11.5 Å². The lowest BCUT2D eigenvalue weighted by molar-refractivity contribution is 0.142. The molecule has 1 aliphatic heterocycles. The average Bonchev–Trinajstić information content (AvgIpc) is 2.48. The summed E-state index contributed by atoms with van der Waals surface area (Å²) >= 11 is 5.72. The van der Waals surface area contributed by atoms with E-state index in [4.69, 9.17) is 11.6 Å². The van der Waals surface area contributed by atoms with Crippen molar-refractivity contribution in [3.63, 3.8) is 0 Å². The molecule has 13 heavy (non-hydrogen) atoms. The number of rotatable bonds is 3. The van der Waals surface area contributed by atoms with Gasteiger partial charge in [0.2, 0.25) is 0 Å². The molecule has 0 aromatic rings. The lowest BCUT2D eigenvalue weighted by Crippen LogP contribution is -2.33. The van der Waals surface area contributed by atoms with Gasteiger partial charge in [0, 0.05) is 19.0 Å². The molecule has 0 aromatic carbocycles. The molecule has 74 valence electrons. The fraction of sp³-hybridized carbons (Fsp3) is 0.818. The van der Waals surface area contributed by atoms with Crippen molar-refractivity contribution >= 4 is 11.6 Å². The molecule has 1 saturated heterocycles. The zero-order valence-electron chi connectivity index (χ0n) is 8.19. The van der Waals surface area contributed by atoms with Crippen LogP contribution in [0.3, 0.4) is 0 Å². The highest BCUT2D eigenvalue weighted by atomic mass is 35.5. The van der Waals surface area contributed by atoms with E-state index in [1.54, 1.807) is 0 Å². The van der Waals surface area contributed by atoms with Crippen LogP contribution in [-0.4, -0.2) is 30.4 Å². The Balaban J connectivity index is 1.81. The van der Waals surface area contributed by atoms with E-state index in [-0.39, 0.29) is 0 Å². The maximum atomic E-state index is 5.72. The highest BCUT2D eigenvalue weighted by Crippen LogP contribution is 2.47. The molecule has 1 saturated carbocycles. The van der Waals surface area contributed by atoms with Gasteiger partial charge in [-0.2, -0.15) is 0 Å². The minimum Gasteiger partial charge on any atom is -0.299 e. The van der Waals surface area contributed by atoms with Gasteiger partial charge in [-0.25, -0.2) is 0 Å². The lowest BCUT2D eigenvalue weighted by atomic mass is 9.68. The Morgan fingerprint density at radius 1 is 1.38 bits per heavy atom. The van der Waals surface area contributed by atoms with E-state index in [1.165, 1.54) is 38.8 Å². The minimum atomic E-state index is 0.615. The average molecular weight is 200 g/mol. The monoisotopic (exact) mass is 199 g/mol. The second-order valence-corrected chi connectivity index (χ2v) is 4.97. The first kappa shape index (κ1) is 9.54. The molecule has 2 rings (SSSR count). The number of hydrogen-bond acceptors (Lipinski definition) is 1. The van der Waals surface area contributed by atoms with Crippen LogP contribution in [0.1, 0.15) is 25.7 Å². The van der Waals surface area contributed by atoms with Gasteiger partial charge in [-0.1, -0.05) is 13.0 Å². The molecule has 1 aliphatic carbocycles. The molecular weight excluding hydrogens is 182 g/mol. The van der Waals surface area contributed by atoms with Crippen LogP contribution in [0.5, 0.6) is 0 Å². The predicted octanol–water partition coefficient (Wildman–Crippen LogP) is 2.66. The summed E-state index contributed by atoms with van der Waals surface area (Å²) in [6.45, 7) is 7.53. The summed E-state index contributed by atoms with van der Waals surface area (Å²) in [5.41, 5.74) is 1.88. The summed E-state index contributed by atoms with van der Waals surface area (Å²) in [5.74, 6) is 0.615. The van der Waals surface area contributed by atoms with E-state index in [0.717, 1.165) is 12.1 Å². The summed E-state index contributed by atoms with van der Waals surface area (Å²) < 4.78 is 0. The third-order valence-corrected chi connectivity index (χ3v) is 3.95. The third kappa shape index (κ3) is 1.92. The van der Waals surface area contributed by atoms with Crippen molar-refractivity contribution in [2.45, 2.75) is 25.7 Å². The van der Waals surface area contributed by atoms with Crippen molar-refractivity contribution in [1.82, 2.24) is 4.90 Å².